The first-order chi connectivity index (χ1) is 7.81. The second kappa shape index (κ2) is 5.58. The molecule has 1 atom stereocenters. The molecule has 0 aromatic carbocycles. The Balaban J connectivity index is 2.00. The van der Waals surface area contributed by atoms with Gasteiger partial charge >= 0.3 is 0 Å². The van der Waals surface area contributed by atoms with E-state index in [1.165, 1.54) is 4.88 Å². The summed E-state index contributed by atoms with van der Waals surface area (Å²) in [6.07, 6.45) is 1.92. The van der Waals surface area contributed by atoms with Gasteiger partial charge in [-0.25, -0.2) is 10.9 Å². The molecule has 1 aliphatic heterocycles. The monoisotopic (exact) mass is 243 g/mol. The van der Waals surface area contributed by atoms with E-state index >= 15 is 0 Å². The van der Waals surface area contributed by atoms with E-state index < -0.39 is 0 Å². The Bertz CT molecular complexity index is 326. The van der Waals surface area contributed by atoms with E-state index in [2.05, 4.69) is 21.6 Å². The van der Waals surface area contributed by atoms with E-state index in [0.717, 1.165) is 31.4 Å². The maximum absolute atomic E-state index is 5.31. The number of hydrogen-bond donors (Lipinski definition) is 1. The Morgan fingerprint density at radius 2 is 2.38 bits per heavy atom. The van der Waals surface area contributed by atoms with Crippen molar-refractivity contribution in [3.05, 3.63) is 11.1 Å². The number of morpholine rings is 1. The van der Waals surface area contributed by atoms with Crippen LogP contribution in [0.2, 0.25) is 0 Å². The Morgan fingerprint density at radius 1 is 1.62 bits per heavy atom. The number of nitrogens with two attached hydrogens (primary N) is 1. The fraction of sp³-hybridized carbons (Fsp3) is 0.700. The molecule has 90 valence electrons. The van der Waals surface area contributed by atoms with Gasteiger partial charge in [-0.3, -0.25) is 0 Å². The predicted octanol–water partition coefficient (Wildman–Crippen LogP) is 0.973. The molecular formula is C10H17N3O2S. The summed E-state index contributed by atoms with van der Waals surface area (Å²) < 4.78 is 5.31. The van der Waals surface area contributed by atoms with Gasteiger partial charge in [0.25, 0.3) is 0 Å². The lowest BCUT2D eigenvalue weighted by Gasteiger charge is -2.26. The lowest BCUT2D eigenvalue weighted by molar-refractivity contribution is 0.122. The van der Waals surface area contributed by atoms with Crippen molar-refractivity contribution in [1.82, 2.24) is 4.98 Å². The van der Waals surface area contributed by atoms with Crippen LogP contribution in [-0.4, -0.2) is 37.9 Å². The first-order valence-corrected chi connectivity index (χ1v) is 6.23. The molecule has 0 saturated carbocycles. The summed E-state index contributed by atoms with van der Waals surface area (Å²) in [5, 5.41) is 1.07. The average molecular weight is 243 g/mol. The summed E-state index contributed by atoms with van der Waals surface area (Å²) in [4.78, 5) is 12.6. The molecule has 0 aliphatic carbocycles. The molecule has 6 heteroatoms. The van der Waals surface area contributed by atoms with Gasteiger partial charge in [-0.2, -0.15) is 0 Å². The molecular weight excluding hydrogens is 226 g/mol. The Kier molecular flexibility index (Phi) is 4.11. The molecule has 0 bridgehead atoms. The van der Waals surface area contributed by atoms with Gasteiger partial charge in [0.2, 0.25) is 0 Å². The first-order valence-electron chi connectivity index (χ1n) is 5.41. The van der Waals surface area contributed by atoms with Gasteiger partial charge in [0.05, 0.1) is 19.8 Å². The van der Waals surface area contributed by atoms with Crippen LogP contribution >= 0.6 is 11.3 Å². The normalized spacial score (nSPS) is 18.8. The number of aromatic nitrogens is 1. The molecule has 5 nitrogen and oxygen atoms in total. The van der Waals surface area contributed by atoms with E-state index in [4.69, 9.17) is 10.6 Å². The molecule has 1 unspecified atom stereocenters. The smallest absolute Gasteiger partial charge is 0.185 e. The van der Waals surface area contributed by atoms with E-state index in [0.29, 0.717) is 12.5 Å². The van der Waals surface area contributed by atoms with Crippen LogP contribution in [0.1, 0.15) is 17.7 Å². The molecule has 2 N–H and O–H groups in total. The minimum Gasteiger partial charge on any atom is -0.378 e. The molecule has 1 saturated heterocycles. The van der Waals surface area contributed by atoms with Crippen molar-refractivity contribution in [2.75, 3.05) is 37.8 Å². The van der Waals surface area contributed by atoms with Crippen molar-refractivity contribution in [3.63, 3.8) is 0 Å². The third-order valence-corrected chi connectivity index (χ3v) is 3.91. The maximum atomic E-state index is 5.31. The Hall–Kier alpha value is -0.690. The van der Waals surface area contributed by atoms with Crippen LogP contribution in [0.3, 0.4) is 0 Å². The van der Waals surface area contributed by atoms with Crippen LogP contribution in [0.4, 0.5) is 5.13 Å². The molecule has 2 heterocycles. The summed E-state index contributed by atoms with van der Waals surface area (Å²) in [6, 6.07) is 0. The second-order valence-corrected chi connectivity index (χ2v) is 4.92. The third-order valence-electron chi connectivity index (χ3n) is 2.62. The van der Waals surface area contributed by atoms with E-state index in [-0.39, 0.29) is 0 Å². The third kappa shape index (κ3) is 2.70. The average Bonchev–Trinajstić information content (AvgIpc) is 2.80. The molecule has 1 aromatic rings. The van der Waals surface area contributed by atoms with Crippen LogP contribution in [0.5, 0.6) is 0 Å². The zero-order chi connectivity index (χ0) is 11.4. The van der Waals surface area contributed by atoms with Gasteiger partial charge in [-0.1, -0.05) is 6.92 Å². The van der Waals surface area contributed by atoms with Crippen molar-refractivity contribution in [1.29, 1.82) is 0 Å². The number of nitrogens with zero attached hydrogens (tertiary/aromatic N) is 2. The maximum Gasteiger partial charge on any atom is 0.185 e. The van der Waals surface area contributed by atoms with Crippen LogP contribution in [-0.2, 0) is 9.57 Å². The number of anilines is 1. The highest BCUT2D eigenvalue weighted by molar-refractivity contribution is 7.15. The van der Waals surface area contributed by atoms with E-state index in [9.17, 15) is 0 Å². The molecule has 1 aromatic heterocycles. The van der Waals surface area contributed by atoms with E-state index in [1.807, 2.05) is 6.20 Å². The number of rotatable bonds is 4. The number of ether oxygens (including phenoxy) is 1. The summed E-state index contributed by atoms with van der Waals surface area (Å²) >= 11 is 1.71. The lowest BCUT2D eigenvalue weighted by Crippen LogP contribution is -2.36. The van der Waals surface area contributed by atoms with Gasteiger partial charge < -0.3 is 14.5 Å². The van der Waals surface area contributed by atoms with Gasteiger partial charge in [0, 0.05) is 30.1 Å². The van der Waals surface area contributed by atoms with Crippen molar-refractivity contribution in [2.45, 2.75) is 12.8 Å². The summed E-state index contributed by atoms with van der Waals surface area (Å²) in [5.74, 6) is 5.38. The minimum absolute atomic E-state index is 0.303. The molecule has 2 rings (SSSR count). The van der Waals surface area contributed by atoms with E-state index in [1.54, 1.807) is 11.3 Å². The van der Waals surface area contributed by atoms with Gasteiger partial charge in [0.1, 0.15) is 0 Å². The molecule has 1 aliphatic rings. The summed E-state index contributed by atoms with van der Waals surface area (Å²) in [6.45, 7) is 6.05. The Labute approximate surface area is 99.1 Å². The highest BCUT2D eigenvalue weighted by Gasteiger charge is 2.16. The molecule has 16 heavy (non-hydrogen) atoms. The number of hydrogen-bond acceptors (Lipinski definition) is 6. The highest BCUT2D eigenvalue weighted by atomic mass is 32.1. The van der Waals surface area contributed by atoms with Crippen molar-refractivity contribution in [3.8, 4) is 0 Å². The fourth-order valence-corrected chi connectivity index (χ4v) is 2.63. The van der Waals surface area contributed by atoms with Crippen LogP contribution in [0.25, 0.3) is 0 Å². The zero-order valence-electron chi connectivity index (χ0n) is 9.39. The zero-order valence-corrected chi connectivity index (χ0v) is 10.2. The molecule has 0 radical (unpaired) electrons. The largest absolute Gasteiger partial charge is 0.378 e. The Morgan fingerprint density at radius 3 is 3.06 bits per heavy atom. The molecule has 0 amide bonds. The first kappa shape index (κ1) is 11.8. The standard InChI is InChI=1S/C10H17N3O2S/c1-8(7-15-11)9-6-12-10(16-9)13-2-4-14-5-3-13/h6,8H,2-5,7,11H2,1H3. The molecule has 0 spiro atoms. The number of thiazole rings is 1. The SMILES string of the molecule is CC(CON)c1cnc(N2CCOCC2)s1. The predicted molar refractivity (Wildman–Crippen MR) is 63.7 cm³/mol. The molecule has 1 fully saturated rings. The van der Waals surface area contributed by atoms with Crippen molar-refractivity contribution < 1.29 is 9.57 Å². The van der Waals surface area contributed by atoms with Crippen molar-refractivity contribution >= 4 is 16.5 Å². The van der Waals surface area contributed by atoms with Crippen LogP contribution in [0.15, 0.2) is 6.20 Å². The second-order valence-electron chi connectivity index (χ2n) is 3.88. The van der Waals surface area contributed by atoms with Gasteiger partial charge in [0.15, 0.2) is 5.13 Å². The van der Waals surface area contributed by atoms with Gasteiger partial charge in [-0.05, 0) is 0 Å². The summed E-state index contributed by atoms with van der Waals surface area (Å²) in [7, 11) is 0. The summed E-state index contributed by atoms with van der Waals surface area (Å²) in [5.41, 5.74) is 0. The quantitative estimate of drug-likeness (QED) is 0.799. The van der Waals surface area contributed by atoms with Crippen LogP contribution in [0, 0.1) is 0 Å². The highest BCUT2D eigenvalue weighted by Crippen LogP contribution is 2.28. The lowest BCUT2D eigenvalue weighted by atomic mass is 10.2. The van der Waals surface area contributed by atoms with Crippen LogP contribution < -0.4 is 10.8 Å². The topological polar surface area (TPSA) is 60.6 Å². The fourth-order valence-electron chi connectivity index (χ4n) is 1.63. The minimum atomic E-state index is 0.303. The van der Waals surface area contributed by atoms with Crippen molar-refractivity contribution in [2.24, 2.45) is 5.90 Å². The van der Waals surface area contributed by atoms with Gasteiger partial charge in [-0.15, -0.1) is 11.3 Å².